The molecule has 2 rings (SSSR count). The third kappa shape index (κ3) is 3.37. The van der Waals surface area contributed by atoms with E-state index in [9.17, 15) is 0 Å². The van der Waals surface area contributed by atoms with E-state index >= 15 is 0 Å². The summed E-state index contributed by atoms with van der Waals surface area (Å²) in [6.45, 7) is 3.23. The molecular formula is C13H18ClN3S. The fourth-order valence-electron chi connectivity index (χ4n) is 2.52. The molecule has 1 aromatic rings. The highest BCUT2D eigenvalue weighted by atomic mass is 35.5. The number of halogens is 1. The Morgan fingerprint density at radius 3 is 2.61 bits per heavy atom. The van der Waals surface area contributed by atoms with Crippen molar-refractivity contribution in [2.24, 2.45) is 11.8 Å². The van der Waals surface area contributed by atoms with Crippen LogP contribution in [0.1, 0.15) is 43.9 Å². The Morgan fingerprint density at radius 1 is 1.39 bits per heavy atom. The van der Waals surface area contributed by atoms with Crippen LogP contribution < -0.4 is 5.32 Å². The van der Waals surface area contributed by atoms with Gasteiger partial charge in [0.2, 0.25) is 0 Å². The highest BCUT2D eigenvalue weighted by molar-refractivity contribution is 7.16. The van der Waals surface area contributed by atoms with E-state index in [2.05, 4.69) is 23.3 Å². The third-order valence-corrected chi connectivity index (χ3v) is 5.08. The summed E-state index contributed by atoms with van der Waals surface area (Å²) in [5.41, 5.74) is 0. The number of hydrogen-bond acceptors (Lipinski definition) is 4. The van der Waals surface area contributed by atoms with Crippen molar-refractivity contribution >= 4 is 28.1 Å². The highest BCUT2D eigenvalue weighted by Gasteiger charge is 2.20. The molecule has 1 heterocycles. The lowest BCUT2D eigenvalue weighted by atomic mass is 9.81. The molecule has 0 spiro atoms. The molecule has 0 amide bonds. The smallest absolute Gasteiger partial charge is 0.185 e. The van der Waals surface area contributed by atoms with Gasteiger partial charge in [-0.25, -0.2) is 4.98 Å². The van der Waals surface area contributed by atoms with Crippen molar-refractivity contribution in [3.05, 3.63) is 10.0 Å². The second-order valence-corrected chi connectivity index (χ2v) is 6.28. The van der Waals surface area contributed by atoms with Crippen LogP contribution in [0.5, 0.6) is 0 Å². The average Bonchev–Trinajstić information content (AvgIpc) is 2.77. The Labute approximate surface area is 117 Å². The molecule has 0 saturated heterocycles. The molecule has 1 fully saturated rings. The molecule has 5 heteroatoms. The summed E-state index contributed by atoms with van der Waals surface area (Å²) >= 11 is 7.18. The molecule has 3 nitrogen and oxygen atoms in total. The lowest BCUT2D eigenvalue weighted by Gasteiger charge is -2.27. The minimum atomic E-state index is 0.319. The zero-order valence-electron chi connectivity index (χ0n) is 10.6. The molecule has 0 bridgehead atoms. The molecule has 1 aliphatic rings. The second kappa shape index (κ2) is 6.40. The summed E-state index contributed by atoms with van der Waals surface area (Å²) in [5, 5.41) is 13.2. The van der Waals surface area contributed by atoms with Gasteiger partial charge >= 0.3 is 0 Å². The molecule has 0 aromatic carbocycles. The van der Waals surface area contributed by atoms with Gasteiger partial charge in [0.1, 0.15) is 10.9 Å². The Kier molecular flexibility index (Phi) is 4.85. The minimum Gasteiger partial charge on any atom is -0.361 e. The monoisotopic (exact) mass is 283 g/mol. The summed E-state index contributed by atoms with van der Waals surface area (Å²) in [6.07, 6.45) is 6.62. The summed E-state index contributed by atoms with van der Waals surface area (Å²) in [6, 6.07) is 2.05. The number of aromatic nitrogens is 1. The van der Waals surface area contributed by atoms with Crippen molar-refractivity contribution in [3.8, 4) is 6.07 Å². The molecule has 98 valence electrons. The lowest BCUT2D eigenvalue weighted by Crippen LogP contribution is -2.20. The molecule has 1 N–H and O–H groups in total. The number of hydrogen-bond donors (Lipinski definition) is 1. The van der Waals surface area contributed by atoms with Gasteiger partial charge in [0.05, 0.1) is 0 Å². The Balaban J connectivity index is 1.80. The van der Waals surface area contributed by atoms with E-state index in [0.717, 1.165) is 23.5 Å². The minimum absolute atomic E-state index is 0.319. The maximum atomic E-state index is 8.81. The highest BCUT2D eigenvalue weighted by Crippen LogP contribution is 2.31. The fourth-order valence-corrected chi connectivity index (χ4v) is 3.48. The standard InChI is InChI=1S/C13H18ClN3S/c1-2-9-3-5-10(6-4-9)8-16-13-17-12(14)11(7-15)18-13/h9-10H,2-6,8H2,1H3,(H,16,17). The van der Waals surface area contributed by atoms with Crippen LogP contribution in [-0.4, -0.2) is 11.5 Å². The zero-order chi connectivity index (χ0) is 13.0. The predicted molar refractivity (Wildman–Crippen MR) is 76.1 cm³/mol. The van der Waals surface area contributed by atoms with Crippen LogP contribution in [0.3, 0.4) is 0 Å². The maximum absolute atomic E-state index is 8.81. The summed E-state index contributed by atoms with van der Waals surface area (Å²) in [7, 11) is 0. The van der Waals surface area contributed by atoms with Crippen LogP contribution >= 0.6 is 22.9 Å². The molecule has 0 unspecified atom stereocenters. The number of nitrogens with one attached hydrogen (secondary N) is 1. The van der Waals surface area contributed by atoms with Gasteiger partial charge in [0, 0.05) is 6.54 Å². The largest absolute Gasteiger partial charge is 0.361 e. The van der Waals surface area contributed by atoms with Crippen molar-refractivity contribution in [3.63, 3.8) is 0 Å². The van der Waals surface area contributed by atoms with Gasteiger partial charge < -0.3 is 5.32 Å². The Hall–Kier alpha value is -0.790. The molecule has 1 aromatic heterocycles. The first-order valence-electron chi connectivity index (χ1n) is 6.53. The van der Waals surface area contributed by atoms with E-state index < -0.39 is 0 Å². The summed E-state index contributed by atoms with van der Waals surface area (Å²) in [4.78, 5) is 4.64. The molecular weight excluding hydrogens is 266 g/mol. The first-order valence-corrected chi connectivity index (χ1v) is 7.72. The second-order valence-electron chi connectivity index (χ2n) is 4.93. The van der Waals surface area contributed by atoms with E-state index in [1.54, 1.807) is 0 Å². The number of nitrogens with zero attached hydrogens (tertiary/aromatic N) is 2. The van der Waals surface area contributed by atoms with Crippen LogP contribution in [0.15, 0.2) is 0 Å². The number of rotatable bonds is 4. The first-order chi connectivity index (χ1) is 8.72. The molecule has 1 saturated carbocycles. The zero-order valence-corrected chi connectivity index (χ0v) is 12.2. The van der Waals surface area contributed by atoms with Crippen molar-refractivity contribution in [1.82, 2.24) is 4.98 Å². The topological polar surface area (TPSA) is 48.7 Å². The van der Waals surface area contributed by atoms with E-state index in [1.165, 1.54) is 43.4 Å². The van der Waals surface area contributed by atoms with Crippen molar-refractivity contribution in [2.75, 3.05) is 11.9 Å². The van der Waals surface area contributed by atoms with Gasteiger partial charge in [0.25, 0.3) is 0 Å². The average molecular weight is 284 g/mol. The van der Waals surface area contributed by atoms with Gasteiger partial charge in [-0.1, -0.05) is 49.1 Å². The van der Waals surface area contributed by atoms with Crippen molar-refractivity contribution in [2.45, 2.75) is 39.0 Å². The van der Waals surface area contributed by atoms with Crippen LogP contribution in [-0.2, 0) is 0 Å². The van der Waals surface area contributed by atoms with Gasteiger partial charge in [-0.05, 0) is 24.7 Å². The maximum Gasteiger partial charge on any atom is 0.185 e. The lowest BCUT2D eigenvalue weighted by molar-refractivity contribution is 0.278. The fraction of sp³-hybridized carbons (Fsp3) is 0.692. The molecule has 0 atom stereocenters. The van der Waals surface area contributed by atoms with Gasteiger partial charge in [0.15, 0.2) is 10.3 Å². The van der Waals surface area contributed by atoms with Gasteiger partial charge in [-0.15, -0.1) is 0 Å². The third-order valence-electron chi connectivity index (χ3n) is 3.77. The molecule has 0 radical (unpaired) electrons. The Morgan fingerprint density at radius 2 is 2.06 bits per heavy atom. The van der Waals surface area contributed by atoms with Gasteiger partial charge in [-0.2, -0.15) is 5.26 Å². The van der Waals surface area contributed by atoms with Crippen LogP contribution in [0, 0.1) is 23.2 Å². The van der Waals surface area contributed by atoms with E-state index in [4.69, 9.17) is 16.9 Å². The summed E-state index contributed by atoms with van der Waals surface area (Å²) in [5.74, 6) is 1.67. The van der Waals surface area contributed by atoms with Crippen LogP contribution in [0.4, 0.5) is 5.13 Å². The summed E-state index contributed by atoms with van der Waals surface area (Å²) < 4.78 is 0. The predicted octanol–water partition coefficient (Wildman–Crippen LogP) is 4.30. The normalized spacial score (nSPS) is 23.6. The number of nitriles is 1. The van der Waals surface area contributed by atoms with Gasteiger partial charge in [-0.3, -0.25) is 0 Å². The molecule has 18 heavy (non-hydrogen) atoms. The number of thiazole rings is 1. The van der Waals surface area contributed by atoms with Crippen LogP contribution in [0.2, 0.25) is 5.15 Å². The molecule has 1 aliphatic carbocycles. The van der Waals surface area contributed by atoms with Crippen LogP contribution in [0.25, 0.3) is 0 Å². The first kappa shape index (κ1) is 13.6. The quantitative estimate of drug-likeness (QED) is 0.896. The van der Waals surface area contributed by atoms with E-state index in [1.807, 2.05) is 0 Å². The Bertz CT molecular complexity index is 430. The van der Waals surface area contributed by atoms with E-state index in [0.29, 0.717) is 10.0 Å². The van der Waals surface area contributed by atoms with Crippen molar-refractivity contribution < 1.29 is 0 Å². The van der Waals surface area contributed by atoms with E-state index in [-0.39, 0.29) is 0 Å². The SMILES string of the molecule is CCC1CCC(CNc2nc(Cl)c(C#N)s2)CC1. The van der Waals surface area contributed by atoms with Crippen molar-refractivity contribution in [1.29, 1.82) is 5.26 Å². The number of anilines is 1. The molecule has 0 aliphatic heterocycles.